The van der Waals surface area contributed by atoms with Crippen molar-refractivity contribution >= 4 is 23.2 Å². The molecule has 0 saturated carbocycles. The number of para-hydroxylation sites is 1. The molecule has 4 N–H and O–H groups in total. The molecule has 2 aromatic carbocycles. The molecule has 0 atom stereocenters. The van der Waals surface area contributed by atoms with Crippen LogP contribution >= 0.6 is 0 Å². The number of benzene rings is 2. The lowest BCUT2D eigenvalue weighted by molar-refractivity contribution is 0.0961. The first-order valence-electron chi connectivity index (χ1n) is 6.10. The van der Waals surface area contributed by atoms with Crippen LogP contribution in [0.4, 0.5) is 11.4 Å². The largest absolute Gasteiger partial charge is 0.398 e. The topological polar surface area (TPSA) is 84.2 Å². The first-order valence-corrected chi connectivity index (χ1v) is 6.10. The van der Waals surface area contributed by atoms with E-state index < -0.39 is 0 Å². The van der Waals surface area contributed by atoms with Gasteiger partial charge in [-0.3, -0.25) is 9.59 Å². The lowest BCUT2D eigenvalue weighted by Crippen LogP contribution is -2.18. The number of anilines is 2. The second-order valence-corrected chi connectivity index (χ2v) is 4.20. The van der Waals surface area contributed by atoms with Gasteiger partial charge in [-0.2, -0.15) is 0 Å². The van der Waals surface area contributed by atoms with Crippen LogP contribution < -0.4 is 16.4 Å². The summed E-state index contributed by atoms with van der Waals surface area (Å²) >= 11 is 0. The van der Waals surface area contributed by atoms with Crippen molar-refractivity contribution in [3.63, 3.8) is 0 Å². The summed E-state index contributed by atoms with van der Waals surface area (Å²) in [5.74, 6) is -0.516. The fourth-order valence-electron chi connectivity index (χ4n) is 1.78. The van der Waals surface area contributed by atoms with Crippen molar-refractivity contribution in [2.45, 2.75) is 0 Å². The molecule has 5 heteroatoms. The third kappa shape index (κ3) is 2.95. The smallest absolute Gasteiger partial charge is 0.257 e. The summed E-state index contributed by atoms with van der Waals surface area (Å²) < 4.78 is 0. The van der Waals surface area contributed by atoms with Crippen LogP contribution in [-0.4, -0.2) is 18.9 Å². The van der Waals surface area contributed by atoms with E-state index in [1.165, 1.54) is 0 Å². The Balaban J connectivity index is 2.20. The van der Waals surface area contributed by atoms with E-state index in [2.05, 4.69) is 10.6 Å². The average Bonchev–Trinajstić information content (AvgIpc) is 2.47. The van der Waals surface area contributed by atoms with Crippen LogP contribution in [0.3, 0.4) is 0 Å². The number of carbonyl (C=O) groups is 2. The maximum atomic E-state index is 12.1. The molecule has 0 saturated heterocycles. The summed E-state index contributed by atoms with van der Waals surface area (Å²) in [6.07, 6.45) is 0. The van der Waals surface area contributed by atoms with E-state index in [1.54, 1.807) is 55.6 Å². The normalized spacial score (nSPS) is 9.85. The zero-order chi connectivity index (χ0) is 14.5. The number of amides is 2. The van der Waals surface area contributed by atoms with Gasteiger partial charge in [0, 0.05) is 24.0 Å². The van der Waals surface area contributed by atoms with E-state index in [-0.39, 0.29) is 11.8 Å². The summed E-state index contributed by atoms with van der Waals surface area (Å²) in [4.78, 5) is 23.6. The molecular weight excluding hydrogens is 254 g/mol. The van der Waals surface area contributed by atoms with Gasteiger partial charge in [0.05, 0.1) is 5.56 Å². The molecule has 0 radical (unpaired) electrons. The number of carbonyl (C=O) groups excluding carboxylic acids is 2. The molecule has 2 amide bonds. The van der Waals surface area contributed by atoms with Crippen LogP contribution in [0.25, 0.3) is 0 Å². The van der Waals surface area contributed by atoms with Gasteiger partial charge in [-0.05, 0) is 30.3 Å². The van der Waals surface area contributed by atoms with Gasteiger partial charge in [-0.1, -0.05) is 18.2 Å². The highest BCUT2D eigenvalue weighted by Crippen LogP contribution is 2.15. The van der Waals surface area contributed by atoms with Gasteiger partial charge in [-0.15, -0.1) is 0 Å². The van der Waals surface area contributed by atoms with E-state index in [1.807, 2.05) is 0 Å². The van der Waals surface area contributed by atoms with Crippen LogP contribution in [0.1, 0.15) is 20.7 Å². The summed E-state index contributed by atoms with van der Waals surface area (Å²) in [5, 5.41) is 5.25. The van der Waals surface area contributed by atoms with E-state index >= 15 is 0 Å². The van der Waals surface area contributed by atoms with Crippen LogP contribution in [0.15, 0.2) is 48.5 Å². The minimum Gasteiger partial charge on any atom is -0.398 e. The Bertz CT molecular complexity index is 653. The zero-order valence-corrected chi connectivity index (χ0v) is 11.0. The van der Waals surface area contributed by atoms with E-state index in [0.29, 0.717) is 22.5 Å². The number of nitrogen functional groups attached to an aromatic ring is 1. The van der Waals surface area contributed by atoms with Gasteiger partial charge in [0.25, 0.3) is 11.8 Å². The minimum absolute atomic E-state index is 0.208. The van der Waals surface area contributed by atoms with Gasteiger partial charge in [0.2, 0.25) is 0 Å². The Morgan fingerprint density at radius 2 is 1.75 bits per heavy atom. The molecule has 20 heavy (non-hydrogen) atoms. The molecule has 0 spiro atoms. The van der Waals surface area contributed by atoms with Gasteiger partial charge in [-0.25, -0.2) is 0 Å². The van der Waals surface area contributed by atoms with Crippen molar-refractivity contribution in [3.8, 4) is 0 Å². The number of rotatable bonds is 3. The number of hydrogen-bond acceptors (Lipinski definition) is 3. The van der Waals surface area contributed by atoms with E-state index in [4.69, 9.17) is 5.73 Å². The highest BCUT2D eigenvalue weighted by atomic mass is 16.2. The predicted molar refractivity (Wildman–Crippen MR) is 78.6 cm³/mol. The van der Waals surface area contributed by atoms with Crippen molar-refractivity contribution in [1.82, 2.24) is 5.32 Å². The molecule has 0 aliphatic carbocycles. The maximum absolute atomic E-state index is 12.1. The van der Waals surface area contributed by atoms with Crippen LogP contribution in [-0.2, 0) is 0 Å². The summed E-state index contributed by atoms with van der Waals surface area (Å²) in [7, 11) is 1.55. The number of nitrogens with two attached hydrogens (primary N) is 1. The Morgan fingerprint density at radius 3 is 2.45 bits per heavy atom. The monoisotopic (exact) mass is 269 g/mol. The molecule has 0 heterocycles. The lowest BCUT2D eigenvalue weighted by atomic mass is 10.1. The first-order chi connectivity index (χ1) is 9.61. The van der Waals surface area contributed by atoms with E-state index in [0.717, 1.165) is 0 Å². The van der Waals surface area contributed by atoms with Crippen molar-refractivity contribution in [2.75, 3.05) is 18.1 Å². The van der Waals surface area contributed by atoms with E-state index in [9.17, 15) is 9.59 Å². The molecule has 0 aliphatic rings. The second kappa shape index (κ2) is 5.88. The van der Waals surface area contributed by atoms with Crippen LogP contribution in [0.5, 0.6) is 0 Å². The van der Waals surface area contributed by atoms with Gasteiger partial charge in [0.15, 0.2) is 0 Å². The second-order valence-electron chi connectivity index (χ2n) is 4.20. The predicted octanol–water partition coefficient (Wildman–Crippen LogP) is 1.88. The lowest BCUT2D eigenvalue weighted by Gasteiger charge is -2.08. The Kier molecular flexibility index (Phi) is 4.00. The molecule has 2 rings (SSSR count). The SMILES string of the molecule is CNC(=O)c1cccc(NC(=O)c2ccccc2N)c1. The van der Waals surface area contributed by atoms with Crippen molar-refractivity contribution < 1.29 is 9.59 Å². The standard InChI is InChI=1S/C15H15N3O2/c1-17-14(19)10-5-4-6-11(9-10)18-15(20)12-7-2-3-8-13(12)16/h2-9H,16H2,1H3,(H,17,19)(H,18,20). The van der Waals surface area contributed by atoms with Gasteiger partial charge >= 0.3 is 0 Å². The quantitative estimate of drug-likeness (QED) is 0.744. The van der Waals surface area contributed by atoms with Crippen LogP contribution in [0.2, 0.25) is 0 Å². The Morgan fingerprint density at radius 1 is 1.00 bits per heavy atom. The molecule has 0 unspecified atom stereocenters. The van der Waals surface area contributed by atoms with Crippen molar-refractivity contribution in [3.05, 3.63) is 59.7 Å². The summed E-state index contributed by atoms with van der Waals surface area (Å²) in [6, 6.07) is 13.5. The molecule has 5 nitrogen and oxygen atoms in total. The first kappa shape index (κ1) is 13.6. The molecule has 102 valence electrons. The zero-order valence-electron chi connectivity index (χ0n) is 11.0. The number of hydrogen-bond donors (Lipinski definition) is 3. The fourth-order valence-corrected chi connectivity index (χ4v) is 1.78. The van der Waals surface area contributed by atoms with Crippen LogP contribution in [0, 0.1) is 0 Å². The Hall–Kier alpha value is -2.82. The highest BCUT2D eigenvalue weighted by Gasteiger charge is 2.10. The minimum atomic E-state index is -0.308. The van der Waals surface area contributed by atoms with Gasteiger partial charge < -0.3 is 16.4 Å². The van der Waals surface area contributed by atoms with Crippen molar-refractivity contribution in [1.29, 1.82) is 0 Å². The average molecular weight is 269 g/mol. The summed E-state index contributed by atoms with van der Waals surface area (Å²) in [5.41, 5.74) is 7.58. The third-order valence-electron chi connectivity index (χ3n) is 2.82. The molecule has 0 fully saturated rings. The fraction of sp³-hybridized carbons (Fsp3) is 0.0667. The van der Waals surface area contributed by atoms with Crippen molar-refractivity contribution in [2.24, 2.45) is 0 Å². The molecule has 2 aromatic rings. The third-order valence-corrected chi connectivity index (χ3v) is 2.82. The molecule has 0 bridgehead atoms. The molecular formula is C15H15N3O2. The summed E-state index contributed by atoms with van der Waals surface area (Å²) in [6.45, 7) is 0. The van der Waals surface area contributed by atoms with Gasteiger partial charge in [0.1, 0.15) is 0 Å². The maximum Gasteiger partial charge on any atom is 0.257 e. The molecule has 0 aromatic heterocycles. The number of nitrogens with one attached hydrogen (secondary N) is 2. The Labute approximate surface area is 116 Å². The molecule has 0 aliphatic heterocycles. The highest BCUT2D eigenvalue weighted by molar-refractivity contribution is 6.08.